The number of carbonyl (C=O) groups excluding carboxylic acids is 1. The van der Waals surface area contributed by atoms with Crippen LogP contribution in [0.25, 0.3) is 0 Å². The highest BCUT2D eigenvalue weighted by Crippen LogP contribution is 2.27. The van der Waals surface area contributed by atoms with Crippen LogP contribution in [0.4, 0.5) is 8.78 Å². The quantitative estimate of drug-likeness (QED) is 0.620. The van der Waals surface area contributed by atoms with Crippen LogP contribution in [0.1, 0.15) is 22.6 Å². The molecule has 0 amide bonds. The van der Waals surface area contributed by atoms with Gasteiger partial charge in [0.05, 0.1) is 5.02 Å². The molecular formula is C7H3ClF2INO. The number of pyridine rings is 1. The molecule has 70 valence electrons. The molecule has 1 heterocycles. The molecule has 13 heavy (non-hydrogen) atoms. The SMILES string of the molecule is O=Cc1nc(C(F)F)c(Cl)cc1I. The van der Waals surface area contributed by atoms with Gasteiger partial charge in [-0.3, -0.25) is 4.79 Å². The molecule has 1 rings (SSSR count). The fourth-order valence-corrected chi connectivity index (χ4v) is 1.71. The van der Waals surface area contributed by atoms with E-state index in [0.717, 1.165) is 0 Å². The average Bonchev–Trinajstić information content (AvgIpc) is 2.03. The summed E-state index contributed by atoms with van der Waals surface area (Å²) in [5, 5.41) is -0.120. The second-order valence-electron chi connectivity index (χ2n) is 2.14. The number of hydrogen-bond acceptors (Lipinski definition) is 2. The molecule has 0 atom stereocenters. The molecule has 0 radical (unpaired) electrons. The molecule has 2 nitrogen and oxygen atoms in total. The number of halogens is 4. The highest BCUT2D eigenvalue weighted by molar-refractivity contribution is 14.1. The maximum absolute atomic E-state index is 12.2. The van der Waals surface area contributed by atoms with Crippen molar-refractivity contribution in [1.29, 1.82) is 0 Å². The smallest absolute Gasteiger partial charge is 0.281 e. The number of rotatable bonds is 2. The Morgan fingerprint density at radius 2 is 2.23 bits per heavy atom. The number of aldehydes is 1. The summed E-state index contributed by atoms with van der Waals surface area (Å²) in [6.07, 6.45) is -2.34. The van der Waals surface area contributed by atoms with Crippen LogP contribution in [0.5, 0.6) is 0 Å². The molecule has 0 aliphatic rings. The van der Waals surface area contributed by atoms with E-state index in [9.17, 15) is 13.6 Å². The van der Waals surface area contributed by atoms with E-state index in [0.29, 0.717) is 9.86 Å². The van der Waals surface area contributed by atoms with E-state index in [-0.39, 0.29) is 10.7 Å². The van der Waals surface area contributed by atoms with Crippen molar-refractivity contribution in [2.75, 3.05) is 0 Å². The topological polar surface area (TPSA) is 30.0 Å². The molecule has 0 spiro atoms. The van der Waals surface area contributed by atoms with E-state index in [4.69, 9.17) is 11.6 Å². The van der Waals surface area contributed by atoms with Crippen LogP contribution >= 0.6 is 34.2 Å². The van der Waals surface area contributed by atoms with Crippen molar-refractivity contribution in [2.45, 2.75) is 6.43 Å². The Hall–Kier alpha value is -0.300. The van der Waals surface area contributed by atoms with Gasteiger partial charge in [0.1, 0.15) is 11.4 Å². The summed E-state index contributed by atoms with van der Waals surface area (Å²) >= 11 is 7.29. The van der Waals surface area contributed by atoms with Gasteiger partial charge in [-0.2, -0.15) is 0 Å². The second-order valence-corrected chi connectivity index (χ2v) is 3.71. The highest BCUT2D eigenvalue weighted by Gasteiger charge is 2.16. The van der Waals surface area contributed by atoms with Gasteiger partial charge in [0.2, 0.25) is 0 Å². The third-order valence-corrected chi connectivity index (χ3v) is 2.47. The molecule has 0 fully saturated rings. The van der Waals surface area contributed by atoms with E-state index in [1.807, 2.05) is 0 Å². The molecular weight excluding hydrogens is 314 g/mol. The summed E-state index contributed by atoms with van der Waals surface area (Å²) < 4.78 is 24.9. The Labute approximate surface area is 91.4 Å². The van der Waals surface area contributed by atoms with Gasteiger partial charge in [-0.1, -0.05) is 11.6 Å². The molecule has 0 aromatic carbocycles. The lowest BCUT2D eigenvalue weighted by atomic mass is 10.3. The summed E-state index contributed by atoms with van der Waals surface area (Å²) in [4.78, 5) is 13.8. The van der Waals surface area contributed by atoms with Crippen molar-refractivity contribution >= 4 is 40.5 Å². The average molecular weight is 317 g/mol. The van der Waals surface area contributed by atoms with Crippen LogP contribution in [0.2, 0.25) is 5.02 Å². The van der Waals surface area contributed by atoms with Crippen molar-refractivity contribution in [3.8, 4) is 0 Å². The minimum Gasteiger partial charge on any atom is -0.296 e. The Morgan fingerprint density at radius 1 is 1.62 bits per heavy atom. The fourth-order valence-electron chi connectivity index (χ4n) is 0.731. The normalized spacial score (nSPS) is 10.5. The summed E-state index contributed by atoms with van der Waals surface area (Å²) in [6, 6.07) is 1.29. The standard InChI is InChI=1S/C7H3ClF2INO/c8-3-1-4(11)5(2-13)12-6(3)7(9)10/h1-2,7H. The van der Waals surface area contributed by atoms with E-state index in [1.54, 1.807) is 22.6 Å². The minimum absolute atomic E-state index is 0.0136. The zero-order valence-electron chi connectivity index (χ0n) is 6.10. The van der Waals surface area contributed by atoms with Gasteiger partial charge in [0.25, 0.3) is 6.43 Å². The van der Waals surface area contributed by atoms with Crippen molar-refractivity contribution < 1.29 is 13.6 Å². The van der Waals surface area contributed by atoms with Gasteiger partial charge in [-0.15, -0.1) is 0 Å². The zero-order valence-corrected chi connectivity index (χ0v) is 9.01. The lowest BCUT2D eigenvalue weighted by Gasteiger charge is -2.03. The van der Waals surface area contributed by atoms with Crippen LogP contribution in [0, 0.1) is 3.57 Å². The maximum atomic E-state index is 12.2. The first-order chi connectivity index (χ1) is 6.06. The molecule has 0 saturated heterocycles. The van der Waals surface area contributed by atoms with Crippen molar-refractivity contribution in [1.82, 2.24) is 4.98 Å². The van der Waals surface area contributed by atoms with Gasteiger partial charge in [-0.05, 0) is 28.7 Å². The largest absolute Gasteiger partial charge is 0.296 e. The number of aromatic nitrogens is 1. The van der Waals surface area contributed by atoms with E-state index in [2.05, 4.69) is 4.98 Å². The molecule has 0 bridgehead atoms. The van der Waals surface area contributed by atoms with Gasteiger partial charge in [0.15, 0.2) is 6.29 Å². The molecule has 6 heteroatoms. The van der Waals surface area contributed by atoms with Crippen LogP contribution in [0.15, 0.2) is 6.07 Å². The molecule has 1 aromatic heterocycles. The Morgan fingerprint density at radius 3 is 2.69 bits per heavy atom. The number of hydrogen-bond donors (Lipinski definition) is 0. The molecule has 0 aliphatic carbocycles. The third-order valence-electron chi connectivity index (χ3n) is 1.30. The Balaban J connectivity index is 3.30. The van der Waals surface area contributed by atoms with Crippen LogP contribution in [0.3, 0.4) is 0 Å². The number of carbonyl (C=O) groups is 1. The molecule has 0 unspecified atom stereocenters. The Kier molecular flexibility index (Phi) is 3.55. The van der Waals surface area contributed by atoms with Crippen molar-refractivity contribution in [3.05, 3.63) is 26.0 Å². The zero-order chi connectivity index (χ0) is 10.0. The van der Waals surface area contributed by atoms with Gasteiger partial charge < -0.3 is 0 Å². The molecule has 0 saturated carbocycles. The Bertz CT molecular complexity index is 346. The predicted octanol–water partition coefficient (Wildman–Crippen LogP) is 3.09. The van der Waals surface area contributed by atoms with Crippen molar-refractivity contribution in [2.24, 2.45) is 0 Å². The van der Waals surface area contributed by atoms with E-state index >= 15 is 0 Å². The monoisotopic (exact) mass is 317 g/mol. The van der Waals surface area contributed by atoms with E-state index < -0.39 is 12.1 Å². The first kappa shape index (κ1) is 10.8. The fraction of sp³-hybridized carbons (Fsp3) is 0.143. The summed E-state index contributed by atoms with van der Waals surface area (Å²) in [7, 11) is 0. The van der Waals surface area contributed by atoms with Crippen LogP contribution in [-0.2, 0) is 0 Å². The third kappa shape index (κ3) is 2.34. The molecule has 0 N–H and O–H groups in total. The minimum atomic E-state index is -2.76. The van der Waals surface area contributed by atoms with Gasteiger partial charge in [-0.25, -0.2) is 13.8 Å². The van der Waals surface area contributed by atoms with E-state index in [1.165, 1.54) is 6.07 Å². The predicted molar refractivity (Wildman–Crippen MR) is 52.3 cm³/mol. The first-order valence-corrected chi connectivity index (χ1v) is 4.61. The second kappa shape index (κ2) is 4.28. The summed E-state index contributed by atoms with van der Waals surface area (Å²) in [5.41, 5.74) is -0.565. The number of nitrogens with zero attached hydrogens (tertiary/aromatic N) is 1. The highest BCUT2D eigenvalue weighted by atomic mass is 127. The van der Waals surface area contributed by atoms with Crippen molar-refractivity contribution in [3.63, 3.8) is 0 Å². The lowest BCUT2D eigenvalue weighted by Crippen LogP contribution is -1.99. The maximum Gasteiger partial charge on any atom is 0.281 e. The van der Waals surface area contributed by atoms with Crippen LogP contribution in [-0.4, -0.2) is 11.3 Å². The number of alkyl halides is 2. The van der Waals surface area contributed by atoms with Crippen LogP contribution < -0.4 is 0 Å². The summed E-state index contributed by atoms with van der Waals surface area (Å²) in [6.45, 7) is 0. The lowest BCUT2D eigenvalue weighted by molar-refractivity contribution is 0.111. The van der Waals surface area contributed by atoms with Gasteiger partial charge >= 0.3 is 0 Å². The molecule has 0 aliphatic heterocycles. The molecule has 1 aromatic rings. The summed E-state index contributed by atoms with van der Waals surface area (Å²) in [5.74, 6) is 0. The first-order valence-electron chi connectivity index (χ1n) is 3.15. The van der Waals surface area contributed by atoms with Gasteiger partial charge in [0, 0.05) is 3.57 Å².